The molecule has 2 rings (SSSR count). The molecule has 0 bridgehead atoms. The molecule has 0 radical (unpaired) electrons. The Bertz CT molecular complexity index is 805. The number of ether oxygens (including phenoxy) is 1. The van der Waals surface area contributed by atoms with Crippen molar-refractivity contribution in [2.24, 2.45) is 0 Å². The SMILES string of the molecule is COc1ccc(S(=O)(=O)NC(=O)NCCc2ccccc2)cc1C. The van der Waals surface area contributed by atoms with Crippen molar-refractivity contribution in [2.75, 3.05) is 13.7 Å². The lowest BCUT2D eigenvalue weighted by Crippen LogP contribution is -2.40. The number of carbonyl (C=O) groups excluding carboxylic acids is 1. The number of rotatable bonds is 6. The van der Waals surface area contributed by atoms with Crippen molar-refractivity contribution in [3.8, 4) is 5.75 Å². The normalized spacial score (nSPS) is 10.9. The van der Waals surface area contributed by atoms with Crippen LogP contribution in [-0.4, -0.2) is 28.1 Å². The van der Waals surface area contributed by atoms with Crippen molar-refractivity contribution in [1.82, 2.24) is 10.0 Å². The van der Waals surface area contributed by atoms with E-state index in [1.54, 1.807) is 13.0 Å². The van der Waals surface area contributed by atoms with Crippen molar-refractivity contribution in [3.05, 3.63) is 59.7 Å². The van der Waals surface area contributed by atoms with Crippen molar-refractivity contribution >= 4 is 16.1 Å². The highest BCUT2D eigenvalue weighted by Crippen LogP contribution is 2.21. The van der Waals surface area contributed by atoms with Crippen LogP contribution in [0.2, 0.25) is 0 Å². The fraction of sp³-hybridized carbons (Fsp3) is 0.235. The number of hydrogen-bond donors (Lipinski definition) is 2. The first-order chi connectivity index (χ1) is 11.4. The average molecular weight is 348 g/mol. The van der Waals surface area contributed by atoms with Gasteiger partial charge in [0.25, 0.3) is 10.0 Å². The Balaban J connectivity index is 1.93. The first-order valence-corrected chi connectivity index (χ1v) is 8.90. The molecule has 0 fully saturated rings. The summed E-state index contributed by atoms with van der Waals surface area (Å²) in [6.07, 6.45) is 0.621. The van der Waals surface area contributed by atoms with Crippen LogP contribution in [0.4, 0.5) is 4.79 Å². The molecule has 0 atom stereocenters. The summed E-state index contributed by atoms with van der Waals surface area (Å²) in [5, 5.41) is 2.54. The zero-order valence-corrected chi connectivity index (χ0v) is 14.4. The Morgan fingerprint density at radius 3 is 2.46 bits per heavy atom. The third kappa shape index (κ3) is 4.73. The van der Waals surface area contributed by atoms with Crippen LogP contribution in [0.3, 0.4) is 0 Å². The van der Waals surface area contributed by atoms with Gasteiger partial charge in [0.2, 0.25) is 0 Å². The number of benzene rings is 2. The lowest BCUT2D eigenvalue weighted by Gasteiger charge is -2.10. The average Bonchev–Trinajstić information content (AvgIpc) is 2.55. The largest absolute Gasteiger partial charge is 0.496 e. The topological polar surface area (TPSA) is 84.5 Å². The maximum atomic E-state index is 12.2. The van der Waals surface area contributed by atoms with E-state index in [0.717, 1.165) is 5.56 Å². The maximum Gasteiger partial charge on any atom is 0.328 e. The minimum Gasteiger partial charge on any atom is -0.496 e. The summed E-state index contributed by atoms with van der Waals surface area (Å²) in [7, 11) is -2.41. The van der Waals surface area contributed by atoms with Gasteiger partial charge in [-0.25, -0.2) is 17.9 Å². The van der Waals surface area contributed by atoms with Gasteiger partial charge >= 0.3 is 6.03 Å². The van der Waals surface area contributed by atoms with Crippen LogP contribution in [0.1, 0.15) is 11.1 Å². The summed E-state index contributed by atoms with van der Waals surface area (Å²) in [4.78, 5) is 11.8. The number of nitrogens with one attached hydrogen (secondary N) is 2. The van der Waals surface area contributed by atoms with Gasteiger partial charge in [-0.2, -0.15) is 0 Å². The van der Waals surface area contributed by atoms with Crippen molar-refractivity contribution < 1.29 is 17.9 Å². The number of urea groups is 1. The predicted octanol–water partition coefficient (Wildman–Crippen LogP) is 2.23. The molecule has 2 N–H and O–H groups in total. The fourth-order valence-corrected chi connectivity index (χ4v) is 3.21. The highest BCUT2D eigenvalue weighted by Gasteiger charge is 2.18. The maximum absolute atomic E-state index is 12.2. The second-order valence-electron chi connectivity index (χ2n) is 5.23. The summed E-state index contributed by atoms with van der Waals surface area (Å²) in [5.74, 6) is 0.585. The summed E-state index contributed by atoms with van der Waals surface area (Å²) in [6, 6.07) is 13.3. The molecular formula is C17H20N2O4S. The molecule has 0 aliphatic rings. The summed E-state index contributed by atoms with van der Waals surface area (Å²) < 4.78 is 31.5. The number of methoxy groups -OCH3 is 1. The van der Waals surface area contributed by atoms with Gasteiger partial charge in [0, 0.05) is 6.54 Å². The standard InChI is InChI=1S/C17H20N2O4S/c1-13-12-15(8-9-16(13)23-2)24(21,22)19-17(20)18-11-10-14-6-4-3-5-7-14/h3-9,12H,10-11H2,1-2H3,(H2,18,19,20). The molecule has 0 heterocycles. The van der Waals surface area contributed by atoms with E-state index in [1.807, 2.05) is 35.1 Å². The number of amides is 2. The summed E-state index contributed by atoms with van der Waals surface area (Å²) in [5.41, 5.74) is 1.73. The van der Waals surface area contributed by atoms with Crippen molar-refractivity contribution in [2.45, 2.75) is 18.2 Å². The molecule has 0 saturated heterocycles. The molecule has 0 unspecified atom stereocenters. The quantitative estimate of drug-likeness (QED) is 0.838. The monoisotopic (exact) mass is 348 g/mol. The molecule has 128 valence electrons. The lowest BCUT2D eigenvalue weighted by atomic mass is 10.1. The van der Waals surface area contributed by atoms with Crippen molar-refractivity contribution in [1.29, 1.82) is 0 Å². The highest BCUT2D eigenvalue weighted by molar-refractivity contribution is 7.90. The fourth-order valence-electron chi connectivity index (χ4n) is 2.20. The lowest BCUT2D eigenvalue weighted by molar-refractivity contribution is 0.246. The van der Waals surface area contributed by atoms with Crippen LogP contribution < -0.4 is 14.8 Å². The van der Waals surface area contributed by atoms with E-state index >= 15 is 0 Å². The molecule has 2 amide bonds. The molecule has 2 aromatic carbocycles. The number of carbonyl (C=O) groups is 1. The first-order valence-electron chi connectivity index (χ1n) is 7.41. The molecule has 0 saturated carbocycles. The Morgan fingerprint density at radius 2 is 1.83 bits per heavy atom. The van der Waals surface area contributed by atoms with E-state index in [4.69, 9.17) is 4.74 Å². The van der Waals surface area contributed by atoms with E-state index in [-0.39, 0.29) is 4.90 Å². The number of sulfonamides is 1. The highest BCUT2D eigenvalue weighted by atomic mass is 32.2. The smallest absolute Gasteiger partial charge is 0.328 e. The van der Waals surface area contributed by atoms with E-state index in [2.05, 4.69) is 5.32 Å². The number of hydrogen-bond acceptors (Lipinski definition) is 4. The molecular weight excluding hydrogens is 328 g/mol. The van der Waals surface area contributed by atoms with Gasteiger partial charge in [0.15, 0.2) is 0 Å². The van der Waals surface area contributed by atoms with Gasteiger partial charge in [-0.3, -0.25) is 0 Å². The van der Waals surface area contributed by atoms with Crippen LogP contribution in [0.25, 0.3) is 0 Å². The van der Waals surface area contributed by atoms with Crippen LogP contribution >= 0.6 is 0 Å². The molecule has 2 aromatic rings. The van der Waals surface area contributed by atoms with Crippen LogP contribution in [0, 0.1) is 6.92 Å². The molecule has 24 heavy (non-hydrogen) atoms. The van der Waals surface area contributed by atoms with E-state index in [1.165, 1.54) is 19.2 Å². The van der Waals surface area contributed by atoms with E-state index in [0.29, 0.717) is 24.3 Å². The van der Waals surface area contributed by atoms with Gasteiger partial charge in [0.1, 0.15) is 5.75 Å². The van der Waals surface area contributed by atoms with Crippen LogP contribution in [0.15, 0.2) is 53.4 Å². The van der Waals surface area contributed by atoms with Gasteiger partial charge in [-0.15, -0.1) is 0 Å². The van der Waals surface area contributed by atoms with Crippen LogP contribution in [0.5, 0.6) is 5.75 Å². The molecule has 6 nitrogen and oxygen atoms in total. The third-order valence-corrected chi connectivity index (χ3v) is 4.77. The summed E-state index contributed by atoms with van der Waals surface area (Å²) in [6.45, 7) is 2.07. The Labute approximate surface area is 141 Å². The van der Waals surface area contributed by atoms with Gasteiger partial charge in [-0.1, -0.05) is 30.3 Å². The molecule has 0 aliphatic heterocycles. The first kappa shape index (κ1) is 17.8. The van der Waals surface area contributed by atoms with Gasteiger partial charge in [-0.05, 0) is 42.7 Å². The third-order valence-electron chi connectivity index (χ3n) is 3.45. The minimum absolute atomic E-state index is 0.0130. The Hall–Kier alpha value is -2.54. The molecule has 0 spiro atoms. The zero-order chi connectivity index (χ0) is 17.6. The Morgan fingerprint density at radius 1 is 1.12 bits per heavy atom. The zero-order valence-electron chi connectivity index (χ0n) is 13.6. The molecule has 0 aromatic heterocycles. The predicted molar refractivity (Wildman–Crippen MR) is 91.6 cm³/mol. The van der Waals surface area contributed by atoms with Gasteiger partial charge < -0.3 is 10.1 Å². The number of aryl methyl sites for hydroxylation is 1. The van der Waals surface area contributed by atoms with Crippen LogP contribution in [-0.2, 0) is 16.4 Å². The van der Waals surface area contributed by atoms with Crippen molar-refractivity contribution in [3.63, 3.8) is 0 Å². The Kier molecular flexibility index (Phi) is 5.81. The van der Waals surface area contributed by atoms with E-state index in [9.17, 15) is 13.2 Å². The minimum atomic E-state index is -3.92. The second kappa shape index (κ2) is 7.83. The molecule has 0 aliphatic carbocycles. The second-order valence-corrected chi connectivity index (χ2v) is 6.91. The van der Waals surface area contributed by atoms with Gasteiger partial charge in [0.05, 0.1) is 12.0 Å². The van der Waals surface area contributed by atoms with E-state index < -0.39 is 16.1 Å². The molecule has 7 heteroatoms. The summed E-state index contributed by atoms with van der Waals surface area (Å²) >= 11 is 0.